The lowest BCUT2D eigenvalue weighted by molar-refractivity contribution is -0.121. The van der Waals surface area contributed by atoms with Gasteiger partial charge in [-0.15, -0.1) is 0 Å². The maximum atomic E-state index is 11.6. The van der Waals surface area contributed by atoms with Gasteiger partial charge in [0.2, 0.25) is 11.8 Å². The van der Waals surface area contributed by atoms with Crippen molar-refractivity contribution in [1.82, 2.24) is 4.98 Å². The number of carbonyl (C=O) groups is 1. The minimum Gasteiger partial charge on any atom is -0.439 e. The Balaban J connectivity index is 1.36. The van der Waals surface area contributed by atoms with Crippen molar-refractivity contribution in [1.29, 1.82) is 0 Å². The molecule has 0 atom stereocenters. The zero-order valence-electron chi connectivity index (χ0n) is 17.9. The van der Waals surface area contributed by atoms with E-state index in [9.17, 15) is 4.79 Å². The van der Waals surface area contributed by atoms with E-state index in [0.29, 0.717) is 23.2 Å². The molecule has 0 radical (unpaired) electrons. The van der Waals surface area contributed by atoms with E-state index >= 15 is 0 Å². The number of pyridine rings is 1. The second-order valence-electron chi connectivity index (χ2n) is 8.11. The molecule has 4 N–H and O–H groups in total. The van der Waals surface area contributed by atoms with Crippen LogP contribution in [0.3, 0.4) is 0 Å². The van der Waals surface area contributed by atoms with E-state index in [4.69, 9.17) is 27.1 Å². The summed E-state index contributed by atoms with van der Waals surface area (Å²) in [6.45, 7) is 4.06. The fraction of sp³-hybridized carbons (Fsp3) is 0.208. The van der Waals surface area contributed by atoms with E-state index in [0.717, 1.165) is 34.8 Å². The second kappa shape index (κ2) is 8.88. The zero-order chi connectivity index (χ0) is 22.7. The van der Waals surface area contributed by atoms with E-state index in [1.54, 1.807) is 32.2 Å². The summed E-state index contributed by atoms with van der Waals surface area (Å²) in [4.78, 5) is 20.4. The highest BCUT2D eigenvalue weighted by molar-refractivity contribution is 6.30. The number of nitrogens with one attached hydrogen (secondary N) is 2. The first kappa shape index (κ1) is 21.6. The number of carbonyl (C=O) groups excluding carboxylic acids is 1. The molecule has 2 heterocycles. The molecule has 0 aliphatic carbocycles. The number of aromatic nitrogens is 1. The quantitative estimate of drug-likeness (QED) is 0.482. The van der Waals surface area contributed by atoms with Crippen LogP contribution in [0.4, 0.5) is 11.4 Å². The van der Waals surface area contributed by atoms with E-state index in [2.05, 4.69) is 15.6 Å². The van der Waals surface area contributed by atoms with Gasteiger partial charge in [0.05, 0.1) is 11.6 Å². The Kier molecular flexibility index (Phi) is 6.01. The number of fused-ring (bicyclic) bond motifs is 1. The largest absolute Gasteiger partial charge is 0.439 e. The van der Waals surface area contributed by atoms with Crippen LogP contribution in [-0.4, -0.2) is 22.3 Å². The first-order valence-electron chi connectivity index (χ1n) is 10.2. The lowest BCUT2D eigenvalue weighted by Gasteiger charge is -2.24. The molecule has 0 bridgehead atoms. The van der Waals surface area contributed by atoms with Gasteiger partial charge in [0.25, 0.3) is 0 Å². The van der Waals surface area contributed by atoms with Crippen molar-refractivity contribution in [2.24, 2.45) is 10.7 Å². The molecule has 0 spiro atoms. The number of benzene rings is 2. The lowest BCUT2D eigenvalue weighted by Crippen LogP contribution is -2.45. The predicted molar refractivity (Wildman–Crippen MR) is 128 cm³/mol. The maximum absolute atomic E-state index is 11.6. The van der Waals surface area contributed by atoms with Gasteiger partial charge in [0.15, 0.2) is 0 Å². The maximum Gasteiger partial charge on any atom is 0.242 e. The minimum absolute atomic E-state index is 0.408. The topological polar surface area (TPSA) is 102 Å². The van der Waals surface area contributed by atoms with Crippen LogP contribution in [0.1, 0.15) is 25.0 Å². The van der Waals surface area contributed by atoms with Crippen LogP contribution in [-0.2, 0) is 17.8 Å². The monoisotopic (exact) mass is 449 g/mol. The number of ether oxygens (including phenoxy) is 1. The number of amidine groups is 1. The third kappa shape index (κ3) is 5.18. The Labute approximate surface area is 191 Å². The van der Waals surface area contributed by atoms with Crippen LogP contribution >= 0.6 is 11.6 Å². The van der Waals surface area contributed by atoms with Crippen LogP contribution in [0.25, 0.3) is 0 Å². The molecule has 1 aliphatic heterocycles. The molecule has 32 heavy (non-hydrogen) atoms. The van der Waals surface area contributed by atoms with Crippen LogP contribution in [0.5, 0.6) is 11.6 Å². The van der Waals surface area contributed by atoms with Gasteiger partial charge in [-0.05, 0) is 55.3 Å². The Bertz CT molecular complexity index is 1160. The SMILES string of the molecule is CC(C)(Nc1ccc2c(c1)NC(=NCc1ccc(Oc3ccc(Cl)cn3)cc1)C2)C(N)=O. The van der Waals surface area contributed by atoms with Crippen molar-refractivity contribution in [2.45, 2.75) is 32.4 Å². The summed E-state index contributed by atoms with van der Waals surface area (Å²) in [5, 5.41) is 7.09. The molecule has 0 saturated carbocycles. The van der Waals surface area contributed by atoms with E-state index in [1.807, 2.05) is 42.5 Å². The van der Waals surface area contributed by atoms with Gasteiger partial charge in [0.1, 0.15) is 17.1 Å². The van der Waals surface area contributed by atoms with Crippen LogP contribution in [0, 0.1) is 0 Å². The summed E-state index contributed by atoms with van der Waals surface area (Å²) in [5.41, 5.74) is 8.65. The summed E-state index contributed by atoms with van der Waals surface area (Å²) < 4.78 is 5.72. The molecule has 0 fully saturated rings. The molecule has 0 saturated heterocycles. The minimum atomic E-state index is -0.830. The Hall–Kier alpha value is -3.58. The summed E-state index contributed by atoms with van der Waals surface area (Å²) in [6.07, 6.45) is 2.28. The van der Waals surface area contributed by atoms with Gasteiger partial charge in [-0.1, -0.05) is 29.8 Å². The molecule has 1 aliphatic rings. The number of hydrogen-bond donors (Lipinski definition) is 3. The number of nitrogens with two attached hydrogens (primary N) is 1. The number of rotatable bonds is 7. The van der Waals surface area contributed by atoms with Crippen molar-refractivity contribution >= 4 is 34.7 Å². The molecule has 8 heteroatoms. The average Bonchev–Trinajstić information content (AvgIpc) is 3.17. The summed E-state index contributed by atoms with van der Waals surface area (Å²) in [7, 11) is 0. The van der Waals surface area contributed by atoms with Gasteiger partial charge in [0, 0.05) is 30.1 Å². The van der Waals surface area contributed by atoms with Crippen molar-refractivity contribution in [3.8, 4) is 11.6 Å². The van der Waals surface area contributed by atoms with Gasteiger partial charge >= 0.3 is 0 Å². The van der Waals surface area contributed by atoms with Crippen molar-refractivity contribution in [2.75, 3.05) is 10.6 Å². The average molecular weight is 450 g/mol. The smallest absolute Gasteiger partial charge is 0.242 e. The van der Waals surface area contributed by atoms with Gasteiger partial charge in [-0.25, -0.2) is 4.98 Å². The molecular formula is C24H24ClN5O2. The highest BCUT2D eigenvalue weighted by atomic mass is 35.5. The standard InChI is InChI=1S/C24H24ClN5O2/c1-24(2,23(26)31)30-18-7-5-16-11-21(29-20(16)12-18)27-13-15-3-8-19(9-4-15)32-22-10-6-17(25)14-28-22/h3-10,12,14,30H,11,13H2,1-2H3,(H2,26,31)(H,27,29). The molecule has 164 valence electrons. The number of amides is 1. The number of anilines is 2. The van der Waals surface area contributed by atoms with Gasteiger partial charge in [-0.3, -0.25) is 9.79 Å². The Morgan fingerprint density at radius 3 is 2.69 bits per heavy atom. The molecule has 7 nitrogen and oxygen atoms in total. The predicted octanol–water partition coefficient (Wildman–Crippen LogP) is 4.77. The molecular weight excluding hydrogens is 426 g/mol. The third-order valence-electron chi connectivity index (χ3n) is 5.12. The lowest BCUT2D eigenvalue weighted by atomic mass is 10.0. The number of aliphatic imine (C=N–C) groups is 1. The zero-order valence-corrected chi connectivity index (χ0v) is 18.6. The van der Waals surface area contributed by atoms with Crippen LogP contribution in [0.15, 0.2) is 65.8 Å². The fourth-order valence-corrected chi connectivity index (χ4v) is 3.33. The summed E-state index contributed by atoms with van der Waals surface area (Å²) >= 11 is 5.84. The highest BCUT2D eigenvalue weighted by Gasteiger charge is 2.25. The number of hydrogen-bond acceptors (Lipinski definition) is 5. The van der Waals surface area contributed by atoms with E-state index < -0.39 is 11.4 Å². The van der Waals surface area contributed by atoms with E-state index in [-0.39, 0.29) is 0 Å². The summed E-state index contributed by atoms with van der Waals surface area (Å²) in [5.74, 6) is 1.68. The van der Waals surface area contributed by atoms with E-state index in [1.165, 1.54) is 0 Å². The first-order valence-corrected chi connectivity index (χ1v) is 10.6. The fourth-order valence-electron chi connectivity index (χ4n) is 3.22. The van der Waals surface area contributed by atoms with Gasteiger partial charge < -0.3 is 21.1 Å². The van der Waals surface area contributed by atoms with Crippen LogP contribution in [0.2, 0.25) is 5.02 Å². The Morgan fingerprint density at radius 1 is 1.22 bits per heavy atom. The van der Waals surface area contributed by atoms with Crippen molar-refractivity contribution in [3.63, 3.8) is 0 Å². The molecule has 2 aromatic carbocycles. The summed E-state index contributed by atoms with van der Waals surface area (Å²) in [6, 6.07) is 17.1. The number of primary amides is 1. The van der Waals surface area contributed by atoms with Crippen molar-refractivity contribution in [3.05, 3.63) is 76.9 Å². The molecule has 0 unspecified atom stereocenters. The third-order valence-corrected chi connectivity index (χ3v) is 5.34. The molecule has 4 rings (SSSR count). The first-order chi connectivity index (χ1) is 15.3. The Morgan fingerprint density at radius 2 is 2.00 bits per heavy atom. The molecule has 1 amide bonds. The molecule has 1 aromatic heterocycles. The van der Waals surface area contributed by atoms with Gasteiger partial charge in [-0.2, -0.15) is 0 Å². The number of halogens is 1. The molecule has 3 aromatic rings. The van der Waals surface area contributed by atoms with Crippen molar-refractivity contribution < 1.29 is 9.53 Å². The van der Waals surface area contributed by atoms with Crippen LogP contribution < -0.4 is 21.1 Å². The highest BCUT2D eigenvalue weighted by Crippen LogP contribution is 2.28. The second-order valence-corrected chi connectivity index (χ2v) is 8.55. The normalized spacial score (nSPS) is 14.0. The number of nitrogens with zero attached hydrogens (tertiary/aromatic N) is 2.